The Hall–Kier alpha value is -1.35. The largest absolute Gasteiger partial charge is 0.326 e. The van der Waals surface area contributed by atoms with E-state index in [1.807, 2.05) is 6.92 Å². The van der Waals surface area contributed by atoms with Crippen molar-refractivity contribution >= 4 is 21.4 Å². The second kappa shape index (κ2) is 6.18. The highest BCUT2D eigenvalue weighted by Crippen LogP contribution is 2.21. The molecule has 8 heteroatoms. The minimum Gasteiger partial charge on any atom is -0.326 e. The molecule has 0 spiro atoms. The van der Waals surface area contributed by atoms with Gasteiger partial charge in [0.05, 0.1) is 22.1 Å². The molecule has 0 saturated heterocycles. The maximum Gasteiger partial charge on any atom is 0.241 e. The van der Waals surface area contributed by atoms with Crippen LogP contribution in [0.25, 0.3) is 0 Å². The van der Waals surface area contributed by atoms with Gasteiger partial charge in [0.1, 0.15) is 5.82 Å². The lowest BCUT2D eigenvalue weighted by molar-refractivity contribution is 0.573. The lowest BCUT2D eigenvalue weighted by atomic mass is 10.1. The number of nitrogens with one attached hydrogen (secondary N) is 1. The average molecular weight is 329 g/mol. The van der Waals surface area contributed by atoms with Crippen molar-refractivity contribution in [3.63, 3.8) is 0 Å². The van der Waals surface area contributed by atoms with Crippen LogP contribution in [0.5, 0.6) is 0 Å². The van der Waals surface area contributed by atoms with Gasteiger partial charge in [0.15, 0.2) is 0 Å². The summed E-state index contributed by atoms with van der Waals surface area (Å²) in [6.07, 6.45) is 0. The standard InChI is InChI=1S/C13H16FN3O2S2/c1-8-12(14)3-10(5-15)4-13(8)21(18,19)16-6-11-7-20-9(2)17-11/h3-4,7,16H,5-6,15H2,1-2H3. The zero-order valence-corrected chi connectivity index (χ0v) is 13.3. The van der Waals surface area contributed by atoms with Crippen molar-refractivity contribution in [2.75, 3.05) is 0 Å². The fraction of sp³-hybridized carbons (Fsp3) is 0.308. The van der Waals surface area contributed by atoms with E-state index < -0.39 is 15.8 Å². The smallest absolute Gasteiger partial charge is 0.241 e. The number of halogens is 1. The van der Waals surface area contributed by atoms with E-state index in [4.69, 9.17) is 5.73 Å². The number of sulfonamides is 1. The van der Waals surface area contributed by atoms with E-state index in [0.717, 1.165) is 5.01 Å². The van der Waals surface area contributed by atoms with Gasteiger partial charge in [-0.3, -0.25) is 0 Å². The molecular formula is C13H16FN3O2S2. The Kier molecular flexibility index (Phi) is 4.72. The molecular weight excluding hydrogens is 313 g/mol. The third kappa shape index (κ3) is 3.65. The predicted octanol–water partition coefficient (Wildman–Crippen LogP) is 1.84. The lowest BCUT2D eigenvalue weighted by Crippen LogP contribution is -2.24. The predicted molar refractivity (Wildman–Crippen MR) is 79.9 cm³/mol. The Morgan fingerprint density at radius 3 is 2.67 bits per heavy atom. The summed E-state index contributed by atoms with van der Waals surface area (Å²) in [4.78, 5) is 4.09. The Morgan fingerprint density at radius 1 is 1.38 bits per heavy atom. The number of rotatable bonds is 5. The van der Waals surface area contributed by atoms with Crippen LogP contribution in [0.15, 0.2) is 22.4 Å². The zero-order chi connectivity index (χ0) is 15.6. The normalized spacial score (nSPS) is 11.8. The highest BCUT2D eigenvalue weighted by molar-refractivity contribution is 7.89. The van der Waals surface area contributed by atoms with Crippen LogP contribution >= 0.6 is 11.3 Å². The van der Waals surface area contributed by atoms with Gasteiger partial charge < -0.3 is 5.73 Å². The van der Waals surface area contributed by atoms with Crippen molar-refractivity contribution in [3.05, 3.63) is 45.2 Å². The molecule has 5 nitrogen and oxygen atoms in total. The van der Waals surface area contributed by atoms with Gasteiger partial charge in [0, 0.05) is 17.5 Å². The van der Waals surface area contributed by atoms with Gasteiger partial charge in [0.2, 0.25) is 10.0 Å². The molecule has 2 aromatic rings. The number of benzene rings is 1. The highest BCUT2D eigenvalue weighted by Gasteiger charge is 2.20. The molecule has 0 aliphatic carbocycles. The van der Waals surface area contributed by atoms with Crippen LogP contribution in [-0.4, -0.2) is 13.4 Å². The molecule has 0 atom stereocenters. The van der Waals surface area contributed by atoms with E-state index >= 15 is 0 Å². The molecule has 0 fully saturated rings. The van der Waals surface area contributed by atoms with Crippen LogP contribution in [-0.2, 0) is 23.1 Å². The van der Waals surface area contributed by atoms with Crippen LogP contribution in [0.4, 0.5) is 4.39 Å². The monoisotopic (exact) mass is 329 g/mol. The van der Waals surface area contributed by atoms with Crippen LogP contribution in [0.1, 0.15) is 21.8 Å². The minimum absolute atomic E-state index is 0.0700. The number of thiazole rings is 1. The van der Waals surface area contributed by atoms with Gasteiger partial charge in [-0.05, 0) is 31.5 Å². The molecule has 0 unspecified atom stereocenters. The third-order valence-electron chi connectivity index (χ3n) is 2.99. The van der Waals surface area contributed by atoms with Crippen LogP contribution < -0.4 is 10.5 Å². The number of aryl methyl sites for hydroxylation is 1. The van der Waals surface area contributed by atoms with Crippen molar-refractivity contribution in [2.45, 2.75) is 31.8 Å². The molecule has 3 N–H and O–H groups in total. The van der Waals surface area contributed by atoms with E-state index in [9.17, 15) is 12.8 Å². The second-order valence-electron chi connectivity index (χ2n) is 4.59. The third-order valence-corrected chi connectivity index (χ3v) is 5.34. The number of nitrogens with two attached hydrogens (primary N) is 1. The molecule has 0 radical (unpaired) electrons. The number of hydrogen-bond donors (Lipinski definition) is 2. The number of nitrogens with zero attached hydrogens (tertiary/aromatic N) is 1. The molecule has 2 rings (SSSR count). The van der Waals surface area contributed by atoms with Crippen molar-refractivity contribution in [2.24, 2.45) is 5.73 Å². The van der Waals surface area contributed by atoms with Gasteiger partial charge in [-0.15, -0.1) is 11.3 Å². The Bertz CT molecular complexity index is 757. The van der Waals surface area contributed by atoms with Crippen LogP contribution in [0.3, 0.4) is 0 Å². The topological polar surface area (TPSA) is 85.1 Å². The fourth-order valence-electron chi connectivity index (χ4n) is 1.84. The van der Waals surface area contributed by atoms with Gasteiger partial charge in [-0.25, -0.2) is 22.5 Å². The summed E-state index contributed by atoms with van der Waals surface area (Å²) in [6, 6.07) is 2.64. The highest BCUT2D eigenvalue weighted by atomic mass is 32.2. The second-order valence-corrected chi connectivity index (χ2v) is 7.38. The SMILES string of the molecule is Cc1nc(CNS(=O)(=O)c2cc(CN)cc(F)c2C)cs1. The summed E-state index contributed by atoms with van der Waals surface area (Å²) in [5, 5.41) is 2.64. The van der Waals surface area contributed by atoms with Gasteiger partial charge in [0.25, 0.3) is 0 Å². The van der Waals surface area contributed by atoms with E-state index in [0.29, 0.717) is 11.3 Å². The maximum absolute atomic E-state index is 13.8. The zero-order valence-electron chi connectivity index (χ0n) is 11.7. The van der Waals surface area contributed by atoms with Crippen LogP contribution in [0, 0.1) is 19.7 Å². The number of hydrogen-bond acceptors (Lipinski definition) is 5. The summed E-state index contributed by atoms with van der Waals surface area (Å²) in [5.74, 6) is -0.581. The Labute approximate surface area is 127 Å². The van der Waals surface area contributed by atoms with E-state index in [1.165, 1.54) is 30.4 Å². The fourth-order valence-corrected chi connectivity index (χ4v) is 3.75. The van der Waals surface area contributed by atoms with E-state index in [-0.39, 0.29) is 23.5 Å². The summed E-state index contributed by atoms with van der Waals surface area (Å²) < 4.78 is 40.8. The maximum atomic E-state index is 13.8. The first-order valence-corrected chi connectivity index (χ1v) is 8.59. The first-order valence-electron chi connectivity index (χ1n) is 6.23. The molecule has 0 aliphatic heterocycles. The molecule has 1 aromatic carbocycles. The van der Waals surface area contributed by atoms with Crippen molar-refractivity contribution < 1.29 is 12.8 Å². The summed E-state index contributed by atoms with van der Waals surface area (Å²) in [6.45, 7) is 3.41. The van der Waals surface area contributed by atoms with Gasteiger partial charge >= 0.3 is 0 Å². The molecule has 1 aromatic heterocycles. The van der Waals surface area contributed by atoms with Crippen molar-refractivity contribution in [3.8, 4) is 0 Å². The Morgan fingerprint density at radius 2 is 2.10 bits per heavy atom. The lowest BCUT2D eigenvalue weighted by Gasteiger charge is -2.11. The van der Waals surface area contributed by atoms with Gasteiger partial charge in [-0.1, -0.05) is 0 Å². The Balaban J connectivity index is 2.29. The summed E-state index contributed by atoms with van der Waals surface area (Å²) in [7, 11) is -3.82. The molecule has 114 valence electrons. The first-order chi connectivity index (χ1) is 9.83. The summed E-state index contributed by atoms with van der Waals surface area (Å²) in [5.41, 5.74) is 6.60. The molecule has 0 aliphatic rings. The molecule has 0 bridgehead atoms. The molecule has 21 heavy (non-hydrogen) atoms. The molecule has 0 amide bonds. The average Bonchev–Trinajstić information content (AvgIpc) is 2.85. The minimum atomic E-state index is -3.82. The first kappa shape index (κ1) is 16.0. The quantitative estimate of drug-likeness (QED) is 0.876. The van der Waals surface area contributed by atoms with Crippen molar-refractivity contribution in [1.82, 2.24) is 9.71 Å². The molecule has 1 heterocycles. The number of aromatic nitrogens is 1. The van der Waals surface area contributed by atoms with Gasteiger partial charge in [-0.2, -0.15) is 0 Å². The molecule has 0 saturated carbocycles. The summed E-state index contributed by atoms with van der Waals surface area (Å²) >= 11 is 1.44. The van der Waals surface area contributed by atoms with Crippen LogP contribution in [0.2, 0.25) is 0 Å². The van der Waals surface area contributed by atoms with E-state index in [2.05, 4.69) is 9.71 Å². The van der Waals surface area contributed by atoms with E-state index in [1.54, 1.807) is 5.38 Å². The van der Waals surface area contributed by atoms with Crippen molar-refractivity contribution in [1.29, 1.82) is 0 Å².